The van der Waals surface area contributed by atoms with Gasteiger partial charge in [-0.1, -0.05) is 32.0 Å². The number of aliphatic hydroxyl groups is 1. The van der Waals surface area contributed by atoms with Crippen molar-refractivity contribution in [3.8, 4) is 5.75 Å². The van der Waals surface area contributed by atoms with E-state index in [9.17, 15) is 5.11 Å². The molecule has 3 heteroatoms. The number of ether oxygens (including phenoxy) is 1. The van der Waals surface area contributed by atoms with E-state index < -0.39 is 0 Å². The molecule has 0 fully saturated rings. The molecular weight excluding hydrogens is 262 g/mol. The van der Waals surface area contributed by atoms with Gasteiger partial charge in [0.15, 0.2) is 0 Å². The summed E-state index contributed by atoms with van der Waals surface area (Å²) in [5.74, 6) is 0.987. The van der Waals surface area contributed by atoms with Crippen LogP contribution >= 0.6 is 0 Å². The summed E-state index contributed by atoms with van der Waals surface area (Å²) < 4.78 is 8.13. The Labute approximate surface area is 125 Å². The number of hydrogen-bond acceptors (Lipinski definition) is 2. The summed E-state index contributed by atoms with van der Waals surface area (Å²) in [5, 5.41) is 10.4. The Morgan fingerprint density at radius 1 is 1.19 bits per heavy atom. The van der Waals surface area contributed by atoms with E-state index in [0.717, 1.165) is 24.2 Å². The Morgan fingerprint density at radius 3 is 2.86 bits per heavy atom. The minimum atomic E-state index is -0.345. The number of hydrogen-bond donors (Lipinski definition) is 1. The molecule has 21 heavy (non-hydrogen) atoms. The van der Waals surface area contributed by atoms with Gasteiger partial charge in [0, 0.05) is 23.0 Å². The van der Waals surface area contributed by atoms with Crippen LogP contribution in [-0.2, 0) is 6.42 Å². The molecule has 1 aromatic carbocycles. The van der Waals surface area contributed by atoms with Crippen LogP contribution in [0, 0.1) is 5.41 Å². The van der Waals surface area contributed by atoms with Gasteiger partial charge in [-0.3, -0.25) is 0 Å². The number of rotatable bonds is 1. The summed E-state index contributed by atoms with van der Waals surface area (Å²) >= 11 is 0. The monoisotopic (exact) mass is 283 g/mol. The molecule has 0 radical (unpaired) electrons. The van der Waals surface area contributed by atoms with Crippen molar-refractivity contribution in [1.82, 2.24) is 4.57 Å². The lowest BCUT2D eigenvalue weighted by molar-refractivity contribution is 0.0974. The van der Waals surface area contributed by atoms with E-state index in [0.29, 0.717) is 6.61 Å². The lowest BCUT2D eigenvalue weighted by Crippen LogP contribution is -2.28. The van der Waals surface area contributed by atoms with E-state index >= 15 is 0 Å². The van der Waals surface area contributed by atoms with Gasteiger partial charge in [0.2, 0.25) is 0 Å². The molecule has 0 bridgehead atoms. The summed E-state index contributed by atoms with van der Waals surface area (Å²) in [7, 11) is 0. The molecule has 110 valence electrons. The smallest absolute Gasteiger partial charge is 0.124 e. The van der Waals surface area contributed by atoms with Crippen molar-refractivity contribution < 1.29 is 9.84 Å². The van der Waals surface area contributed by atoms with Gasteiger partial charge in [-0.25, -0.2) is 0 Å². The highest BCUT2D eigenvalue weighted by Gasteiger charge is 2.36. The Hall–Kier alpha value is -1.74. The minimum absolute atomic E-state index is 0.140. The third-order valence-corrected chi connectivity index (χ3v) is 4.82. The molecule has 1 N–H and O–H groups in total. The standard InChI is InChI=1S/C18H21NO2/c1-18(2)9-14-12(16(20)10-18)7-8-19(14)15-11-21-17-6-4-3-5-13(15)17/h3-8,15-16,20H,9-11H2,1-2H3. The van der Waals surface area contributed by atoms with Gasteiger partial charge < -0.3 is 14.4 Å². The van der Waals surface area contributed by atoms with Crippen molar-refractivity contribution in [2.45, 2.75) is 38.8 Å². The fraction of sp³-hybridized carbons (Fsp3) is 0.444. The molecule has 2 aliphatic rings. The van der Waals surface area contributed by atoms with Crippen molar-refractivity contribution in [1.29, 1.82) is 0 Å². The maximum atomic E-state index is 10.4. The van der Waals surface area contributed by atoms with Crippen LogP contribution in [0.2, 0.25) is 0 Å². The summed E-state index contributed by atoms with van der Waals surface area (Å²) in [6.45, 7) is 5.14. The van der Waals surface area contributed by atoms with Crippen molar-refractivity contribution in [3.05, 3.63) is 53.3 Å². The van der Waals surface area contributed by atoms with E-state index in [1.807, 2.05) is 12.1 Å². The molecule has 0 saturated heterocycles. The molecular formula is C18H21NO2. The predicted molar refractivity (Wildman–Crippen MR) is 81.6 cm³/mol. The first-order valence-corrected chi connectivity index (χ1v) is 7.64. The number of fused-ring (bicyclic) bond motifs is 2. The molecule has 1 aliphatic carbocycles. The third-order valence-electron chi connectivity index (χ3n) is 4.82. The SMILES string of the molecule is CC1(C)Cc2c(ccn2C2COc3ccccc32)C(O)C1. The molecule has 0 amide bonds. The van der Waals surface area contributed by atoms with Crippen molar-refractivity contribution in [3.63, 3.8) is 0 Å². The first kappa shape index (κ1) is 13.0. The maximum absolute atomic E-state index is 10.4. The van der Waals surface area contributed by atoms with Gasteiger partial charge in [0.05, 0.1) is 12.1 Å². The van der Waals surface area contributed by atoms with Gasteiger partial charge >= 0.3 is 0 Å². The first-order valence-electron chi connectivity index (χ1n) is 7.64. The molecule has 2 heterocycles. The molecule has 1 aromatic heterocycles. The molecule has 0 spiro atoms. The highest BCUT2D eigenvalue weighted by molar-refractivity contribution is 5.41. The molecule has 4 rings (SSSR count). The zero-order valence-electron chi connectivity index (χ0n) is 12.5. The fourth-order valence-electron chi connectivity index (χ4n) is 3.82. The Morgan fingerprint density at radius 2 is 2.00 bits per heavy atom. The Balaban J connectivity index is 1.79. The van der Waals surface area contributed by atoms with E-state index in [2.05, 4.69) is 42.8 Å². The van der Waals surface area contributed by atoms with Crippen molar-refractivity contribution in [2.75, 3.05) is 6.61 Å². The first-order chi connectivity index (χ1) is 10.1. The van der Waals surface area contributed by atoms with Crippen LogP contribution in [0.15, 0.2) is 36.5 Å². The third kappa shape index (κ3) is 1.99. The average molecular weight is 283 g/mol. The van der Waals surface area contributed by atoms with Crippen LogP contribution in [0.25, 0.3) is 0 Å². The molecule has 2 aromatic rings. The number of para-hydroxylation sites is 1. The Bertz CT molecular complexity index is 686. The minimum Gasteiger partial charge on any atom is -0.491 e. The number of benzene rings is 1. The van der Waals surface area contributed by atoms with Gasteiger partial charge in [-0.05, 0) is 30.4 Å². The van der Waals surface area contributed by atoms with Gasteiger partial charge in [0.25, 0.3) is 0 Å². The summed E-state index contributed by atoms with van der Waals surface area (Å²) in [6, 6.07) is 10.6. The molecule has 2 unspecified atom stereocenters. The fourth-order valence-corrected chi connectivity index (χ4v) is 3.82. The van der Waals surface area contributed by atoms with Crippen molar-refractivity contribution >= 4 is 0 Å². The normalized spacial score (nSPS) is 26.0. The van der Waals surface area contributed by atoms with Crippen LogP contribution < -0.4 is 4.74 Å². The second kappa shape index (κ2) is 4.38. The van der Waals surface area contributed by atoms with Crippen LogP contribution in [-0.4, -0.2) is 16.3 Å². The van der Waals surface area contributed by atoms with E-state index in [-0.39, 0.29) is 17.6 Å². The quantitative estimate of drug-likeness (QED) is 0.869. The highest BCUT2D eigenvalue weighted by Crippen LogP contribution is 2.44. The van der Waals surface area contributed by atoms with Crippen LogP contribution in [0.5, 0.6) is 5.75 Å². The topological polar surface area (TPSA) is 34.4 Å². The lowest BCUT2D eigenvalue weighted by atomic mass is 9.75. The largest absolute Gasteiger partial charge is 0.491 e. The summed E-state index contributed by atoms with van der Waals surface area (Å²) in [5.41, 5.74) is 3.75. The summed E-state index contributed by atoms with van der Waals surface area (Å²) in [4.78, 5) is 0. The highest BCUT2D eigenvalue weighted by atomic mass is 16.5. The van der Waals surface area contributed by atoms with Crippen LogP contribution in [0.1, 0.15) is 49.2 Å². The average Bonchev–Trinajstić information content (AvgIpc) is 3.00. The zero-order chi connectivity index (χ0) is 14.6. The van der Waals surface area contributed by atoms with Crippen LogP contribution in [0.4, 0.5) is 0 Å². The Kier molecular flexibility index (Phi) is 2.70. The molecule has 1 aliphatic heterocycles. The number of aromatic nitrogens is 1. The van der Waals surface area contributed by atoms with Crippen molar-refractivity contribution in [2.24, 2.45) is 5.41 Å². The second-order valence-corrected chi connectivity index (χ2v) is 7.05. The predicted octanol–water partition coefficient (Wildman–Crippen LogP) is 3.48. The molecule has 3 nitrogen and oxygen atoms in total. The zero-order valence-corrected chi connectivity index (χ0v) is 12.5. The van der Waals surface area contributed by atoms with E-state index in [1.54, 1.807) is 0 Å². The second-order valence-electron chi connectivity index (χ2n) is 7.05. The van der Waals surface area contributed by atoms with E-state index in [1.165, 1.54) is 11.3 Å². The number of aliphatic hydroxyl groups excluding tert-OH is 1. The van der Waals surface area contributed by atoms with Gasteiger partial charge in [-0.15, -0.1) is 0 Å². The van der Waals surface area contributed by atoms with Crippen LogP contribution in [0.3, 0.4) is 0 Å². The maximum Gasteiger partial charge on any atom is 0.124 e. The van der Waals surface area contributed by atoms with Gasteiger partial charge in [-0.2, -0.15) is 0 Å². The van der Waals surface area contributed by atoms with Gasteiger partial charge in [0.1, 0.15) is 12.4 Å². The lowest BCUT2D eigenvalue weighted by Gasteiger charge is -2.34. The molecule has 0 saturated carbocycles. The van der Waals surface area contributed by atoms with E-state index in [4.69, 9.17) is 4.74 Å². The molecule has 2 atom stereocenters. The summed E-state index contributed by atoms with van der Waals surface area (Å²) in [6.07, 6.45) is 3.61. The number of nitrogens with zero attached hydrogens (tertiary/aromatic N) is 1.